The summed E-state index contributed by atoms with van der Waals surface area (Å²) in [6.07, 6.45) is 3.07. The van der Waals surface area contributed by atoms with Crippen molar-refractivity contribution in [3.05, 3.63) is 29.6 Å². The first-order chi connectivity index (χ1) is 9.04. The Hall–Kier alpha value is -1.71. The number of hydrogen-bond acceptors (Lipinski definition) is 5. The van der Waals surface area contributed by atoms with E-state index in [2.05, 4.69) is 30.2 Å². The summed E-state index contributed by atoms with van der Waals surface area (Å²) in [7, 11) is -1.87. The number of hydrogen-bond donors (Lipinski definition) is 4. The van der Waals surface area contributed by atoms with Gasteiger partial charge in [-0.05, 0) is 14.0 Å². The number of nitrogens with one attached hydrogen (secondary N) is 4. The van der Waals surface area contributed by atoms with Crippen molar-refractivity contribution < 1.29 is 8.42 Å². The Kier molecular flexibility index (Phi) is 3.98. The molecule has 104 valence electrons. The Morgan fingerprint density at radius 3 is 2.79 bits per heavy atom. The van der Waals surface area contributed by atoms with Crippen molar-refractivity contribution in [3.8, 4) is 0 Å². The molecule has 4 N–H and O–H groups in total. The summed E-state index contributed by atoms with van der Waals surface area (Å²) in [6, 6.07) is 0. The molecule has 0 radical (unpaired) electrons. The zero-order valence-corrected chi connectivity index (χ0v) is 11.5. The van der Waals surface area contributed by atoms with Gasteiger partial charge in [0.2, 0.25) is 10.0 Å². The Balaban J connectivity index is 2.21. The highest BCUT2D eigenvalue weighted by atomic mass is 32.2. The van der Waals surface area contributed by atoms with Crippen molar-refractivity contribution in [2.24, 2.45) is 0 Å². The predicted molar refractivity (Wildman–Crippen MR) is 68.7 cm³/mol. The molecule has 0 aliphatic carbocycles. The van der Waals surface area contributed by atoms with Crippen LogP contribution in [-0.2, 0) is 23.1 Å². The van der Waals surface area contributed by atoms with Gasteiger partial charge in [0.25, 0.3) is 0 Å². The molecule has 0 aliphatic heterocycles. The maximum Gasteiger partial charge on any atom is 0.244 e. The van der Waals surface area contributed by atoms with Crippen LogP contribution in [0, 0.1) is 6.92 Å². The van der Waals surface area contributed by atoms with E-state index in [9.17, 15) is 8.42 Å². The van der Waals surface area contributed by atoms with Gasteiger partial charge in [-0.25, -0.2) is 18.1 Å². The number of aromatic nitrogens is 4. The van der Waals surface area contributed by atoms with Crippen molar-refractivity contribution in [2.75, 3.05) is 7.05 Å². The van der Waals surface area contributed by atoms with Crippen LogP contribution >= 0.6 is 0 Å². The smallest absolute Gasteiger partial charge is 0.244 e. The number of rotatable bonds is 6. The van der Waals surface area contributed by atoms with Crippen LogP contribution in [0.5, 0.6) is 0 Å². The van der Waals surface area contributed by atoms with E-state index in [0.717, 1.165) is 0 Å². The normalized spacial score (nSPS) is 11.9. The quantitative estimate of drug-likeness (QED) is 0.578. The first-order valence-electron chi connectivity index (χ1n) is 5.70. The highest BCUT2D eigenvalue weighted by Crippen LogP contribution is 2.17. The van der Waals surface area contributed by atoms with Gasteiger partial charge in [-0.1, -0.05) is 0 Å². The van der Waals surface area contributed by atoms with Gasteiger partial charge in [-0.3, -0.25) is 5.10 Å². The minimum absolute atomic E-state index is 0.159. The molecule has 2 aromatic rings. The van der Waals surface area contributed by atoms with Crippen molar-refractivity contribution in [2.45, 2.75) is 24.9 Å². The number of H-pyrrole nitrogens is 2. The Morgan fingerprint density at radius 1 is 1.37 bits per heavy atom. The molecule has 0 spiro atoms. The topological polar surface area (TPSA) is 116 Å². The van der Waals surface area contributed by atoms with Crippen molar-refractivity contribution in [1.29, 1.82) is 0 Å². The van der Waals surface area contributed by atoms with Crippen LogP contribution in [0.2, 0.25) is 0 Å². The molecule has 0 fully saturated rings. The maximum atomic E-state index is 12.3. The third-order valence-corrected chi connectivity index (χ3v) is 4.19. The summed E-state index contributed by atoms with van der Waals surface area (Å²) in [5.41, 5.74) is 1.68. The van der Waals surface area contributed by atoms with Crippen molar-refractivity contribution >= 4 is 10.0 Å². The van der Waals surface area contributed by atoms with Gasteiger partial charge >= 0.3 is 0 Å². The van der Waals surface area contributed by atoms with E-state index in [0.29, 0.717) is 23.6 Å². The molecule has 9 heteroatoms. The summed E-state index contributed by atoms with van der Waals surface area (Å²) >= 11 is 0. The maximum absolute atomic E-state index is 12.3. The second-order valence-corrected chi connectivity index (χ2v) is 5.76. The number of sulfonamides is 1. The number of nitrogens with zero attached hydrogens (tertiary/aromatic N) is 2. The first-order valence-corrected chi connectivity index (χ1v) is 7.18. The molecular weight excluding hydrogens is 268 g/mol. The highest BCUT2D eigenvalue weighted by molar-refractivity contribution is 7.89. The van der Waals surface area contributed by atoms with E-state index in [1.54, 1.807) is 20.2 Å². The Labute approximate surface area is 111 Å². The monoisotopic (exact) mass is 284 g/mol. The number of aromatic amines is 2. The van der Waals surface area contributed by atoms with Crippen LogP contribution in [0.15, 0.2) is 17.4 Å². The predicted octanol–water partition coefficient (Wildman–Crippen LogP) is -0.361. The molecule has 2 heterocycles. The van der Waals surface area contributed by atoms with Crippen LogP contribution in [0.4, 0.5) is 0 Å². The largest absolute Gasteiger partial charge is 0.347 e. The Bertz CT molecular complexity index is 631. The SMILES string of the molecule is CNCc1n[nH]c(C)c1S(=O)(=O)NCc1cnc[nH]1. The molecule has 0 bridgehead atoms. The van der Waals surface area contributed by atoms with Gasteiger partial charge in [0, 0.05) is 18.4 Å². The zero-order valence-electron chi connectivity index (χ0n) is 10.7. The van der Waals surface area contributed by atoms with Crippen LogP contribution in [0.1, 0.15) is 17.1 Å². The second kappa shape index (κ2) is 5.51. The molecule has 0 aromatic carbocycles. The molecule has 2 rings (SSSR count). The average Bonchev–Trinajstić information content (AvgIpc) is 2.97. The van der Waals surface area contributed by atoms with Crippen molar-refractivity contribution in [3.63, 3.8) is 0 Å². The number of imidazole rings is 1. The summed E-state index contributed by atoms with van der Waals surface area (Å²) in [4.78, 5) is 6.86. The van der Waals surface area contributed by atoms with Crippen LogP contribution in [-0.4, -0.2) is 35.6 Å². The van der Waals surface area contributed by atoms with Gasteiger partial charge in [0.15, 0.2) is 0 Å². The lowest BCUT2D eigenvalue weighted by Crippen LogP contribution is -2.25. The molecule has 19 heavy (non-hydrogen) atoms. The molecule has 0 atom stereocenters. The fraction of sp³-hybridized carbons (Fsp3) is 0.400. The molecule has 0 aliphatic rings. The van der Waals surface area contributed by atoms with Gasteiger partial charge in [0.05, 0.1) is 24.3 Å². The van der Waals surface area contributed by atoms with E-state index in [1.807, 2.05) is 0 Å². The fourth-order valence-electron chi connectivity index (χ4n) is 1.74. The second-order valence-electron chi connectivity index (χ2n) is 4.06. The third-order valence-electron chi connectivity index (χ3n) is 2.58. The van der Waals surface area contributed by atoms with E-state index >= 15 is 0 Å². The lowest BCUT2D eigenvalue weighted by atomic mass is 10.4. The fourth-order valence-corrected chi connectivity index (χ4v) is 3.11. The van der Waals surface area contributed by atoms with Gasteiger partial charge in [-0.2, -0.15) is 5.10 Å². The number of aryl methyl sites for hydroxylation is 1. The Morgan fingerprint density at radius 2 is 2.16 bits per heavy atom. The zero-order chi connectivity index (χ0) is 13.9. The van der Waals surface area contributed by atoms with Gasteiger partial charge < -0.3 is 10.3 Å². The van der Waals surface area contributed by atoms with E-state index in [1.165, 1.54) is 6.33 Å². The van der Waals surface area contributed by atoms with Crippen LogP contribution < -0.4 is 10.0 Å². The lowest BCUT2D eigenvalue weighted by molar-refractivity contribution is 0.578. The summed E-state index contributed by atoms with van der Waals surface area (Å²) < 4.78 is 27.1. The van der Waals surface area contributed by atoms with Crippen LogP contribution in [0.25, 0.3) is 0 Å². The van der Waals surface area contributed by atoms with E-state index < -0.39 is 10.0 Å². The first kappa shape index (κ1) is 13.7. The molecule has 2 aromatic heterocycles. The molecular formula is C10H16N6O2S. The highest BCUT2D eigenvalue weighted by Gasteiger charge is 2.23. The molecule has 0 saturated heterocycles. The molecule has 0 amide bonds. The minimum atomic E-state index is -3.61. The average molecular weight is 284 g/mol. The standard InChI is InChI=1S/C10H16N6O2S/c1-7-10(9(5-11-2)16-15-7)19(17,18)14-4-8-3-12-6-13-8/h3,6,11,14H,4-5H2,1-2H3,(H,12,13)(H,15,16). The van der Waals surface area contributed by atoms with E-state index in [4.69, 9.17) is 0 Å². The molecule has 8 nitrogen and oxygen atoms in total. The molecule has 0 saturated carbocycles. The summed E-state index contributed by atoms with van der Waals surface area (Å²) in [5.74, 6) is 0. The van der Waals surface area contributed by atoms with Crippen LogP contribution in [0.3, 0.4) is 0 Å². The summed E-state index contributed by atoms with van der Waals surface area (Å²) in [6.45, 7) is 2.22. The minimum Gasteiger partial charge on any atom is -0.347 e. The molecule has 0 unspecified atom stereocenters. The van der Waals surface area contributed by atoms with Gasteiger partial charge in [0.1, 0.15) is 4.90 Å². The lowest BCUT2D eigenvalue weighted by Gasteiger charge is -2.07. The third kappa shape index (κ3) is 3.00. The summed E-state index contributed by atoms with van der Waals surface area (Å²) in [5, 5.41) is 9.57. The van der Waals surface area contributed by atoms with Crippen molar-refractivity contribution in [1.82, 2.24) is 30.2 Å². The van der Waals surface area contributed by atoms with E-state index in [-0.39, 0.29) is 11.4 Å². The van der Waals surface area contributed by atoms with Gasteiger partial charge in [-0.15, -0.1) is 0 Å².